The summed E-state index contributed by atoms with van der Waals surface area (Å²) in [5.74, 6) is -1.01. The van der Waals surface area contributed by atoms with Crippen LogP contribution >= 0.6 is 11.8 Å². The summed E-state index contributed by atoms with van der Waals surface area (Å²) in [5, 5.41) is 9.98. The molecule has 0 N–H and O–H groups in total. The van der Waals surface area contributed by atoms with E-state index >= 15 is 0 Å². The number of hydrogen-bond acceptors (Lipinski definition) is 6. The van der Waals surface area contributed by atoms with E-state index in [-0.39, 0.29) is 19.4 Å². The van der Waals surface area contributed by atoms with Gasteiger partial charge in [-0.15, -0.1) is 0 Å². The topological polar surface area (TPSA) is 86.7 Å². The van der Waals surface area contributed by atoms with Crippen molar-refractivity contribution in [3.05, 3.63) is 34.7 Å². The highest BCUT2D eigenvalue weighted by Crippen LogP contribution is 2.33. The number of methoxy groups -OCH3 is 1. The smallest absolute Gasteiger partial charge is 0.293 e. The van der Waals surface area contributed by atoms with Crippen LogP contribution in [0.1, 0.15) is 18.4 Å². The quantitative estimate of drug-likeness (QED) is 0.733. The fraction of sp³-hybridized carbons (Fsp3) is 0.267. The summed E-state index contributed by atoms with van der Waals surface area (Å²) in [6.45, 7) is 0.0713. The third kappa shape index (κ3) is 3.67. The van der Waals surface area contributed by atoms with Crippen molar-refractivity contribution in [1.82, 2.24) is 4.90 Å². The van der Waals surface area contributed by atoms with Crippen LogP contribution in [0.25, 0.3) is 6.08 Å². The number of carbonyl (C=O) groups excluding carboxylic acids is 3. The standard InChI is InChI=1S/C15H15NO5S/c1-21-11-6-3-2-5-10(11)9-12-14(19)16(15(20)22-12)8-4-7-13(17)18/h2-3,5-6,9H,4,7-8H2,1H3,(H,17,18)/p-1/b12-9+. The summed E-state index contributed by atoms with van der Waals surface area (Å²) < 4.78 is 5.20. The van der Waals surface area contributed by atoms with Gasteiger partial charge in [0.2, 0.25) is 0 Å². The van der Waals surface area contributed by atoms with E-state index in [9.17, 15) is 19.5 Å². The summed E-state index contributed by atoms with van der Waals surface area (Å²) in [7, 11) is 1.53. The maximum atomic E-state index is 12.2. The summed E-state index contributed by atoms with van der Waals surface area (Å²) in [6.07, 6.45) is 1.60. The SMILES string of the molecule is COc1ccccc1/C=C1/SC(=O)N(CCCC(=O)[O-])C1=O. The largest absolute Gasteiger partial charge is 0.550 e. The number of carboxylic acid groups (broad SMARTS) is 1. The number of rotatable bonds is 6. The van der Waals surface area contributed by atoms with Crippen molar-refractivity contribution in [3.63, 3.8) is 0 Å². The van der Waals surface area contributed by atoms with Crippen LogP contribution in [0.2, 0.25) is 0 Å². The van der Waals surface area contributed by atoms with Crippen molar-refractivity contribution in [2.24, 2.45) is 0 Å². The van der Waals surface area contributed by atoms with Gasteiger partial charge in [0.25, 0.3) is 11.1 Å². The Morgan fingerprint density at radius 2 is 2.09 bits per heavy atom. The molecule has 6 nitrogen and oxygen atoms in total. The normalized spacial score (nSPS) is 16.4. The second-order valence-corrected chi connectivity index (χ2v) is 5.54. The number of carbonyl (C=O) groups is 3. The van der Waals surface area contributed by atoms with Crippen molar-refractivity contribution in [3.8, 4) is 5.75 Å². The zero-order valence-corrected chi connectivity index (χ0v) is 12.7. The molecule has 0 aromatic heterocycles. The van der Waals surface area contributed by atoms with Gasteiger partial charge in [-0.05, 0) is 36.7 Å². The number of carboxylic acids is 1. The van der Waals surface area contributed by atoms with Gasteiger partial charge in [0.05, 0.1) is 12.0 Å². The summed E-state index contributed by atoms with van der Waals surface area (Å²) in [6, 6.07) is 7.15. The van der Waals surface area contributed by atoms with E-state index in [1.165, 1.54) is 7.11 Å². The highest BCUT2D eigenvalue weighted by atomic mass is 32.2. The van der Waals surface area contributed by atoms with E-state index in [1.54, 1.807) is 24.3 Å². The molecule has 1 aromatic carbocycles. The first kappa shape index (κ1) is 16.1. The molecule has 22 heavy (non-hydrogen) atoms. The number of para-hydroxylation sites is 1. The molecule has 2 rings (SSSR count). The summed E-state index contributed by atoms with van der Waals surface area (Å²) >= 11 is 0.835. The van der Waals surface area contributed by atoms with Gasteiger partial charge in [-0.2, -0.15) is 0 Å². The van der Waals surface area contributed by atoms with Crippen molar-refractivity contribution < 1.29 is 24.2 Å². The second kappa shape index (κ2) is 7.13. The Bertz CT molecular complexity index is 641. The molecule has 0 spiro atoms. The van der Waals surface area contributed by atoms with Gasteiger partial charge in [-0.25, -0.2) is 0 Å². The average molecular weight is 320 g/mol. The first-order valence-electron chi connectivity index (χ1n) is 6.61. The molecule has 2 amide bonds. The minimum absolute atomic E-state index is 0.0713. The van der Waals surface area contributed by atoms with E-state index in [0.29, 0.717) is 16.2 Å². The van der Waals surface area contributed by atoms with Crippen molar-refractivity contribution >= 4 is 35.0 Å². The molecule has 1 saturated heterocycles. The molecule has 0 radical (unpaired) electrons. The van der Waals surface area contributed by atoms with Gasteiger partial charge in [0.1, 0.15) is 5.75 Å². The number of thioether (sulfide) groups is 1. The van der Waals surface area contributed by atoms with Crippen LogP contribution in [0.5, 0.6) is 5.75 Å². The lowest BCUT2D eigenvalue weighted by molar-refractivity contribution is -0.305. The lowest BCUT2D eigenvalue weighted by atomic mass is 10.2. The third-order valence-electron chi connectivity index (χ3n) is 3.06. The molecule has 0 saturated carbocycles. The van der Waals surface area contributed by atoms with E-state index in [1.807, 2.05) is 6.07 Å². The number of nitrogens with zero attached hydrogens (tertiary/aromatic N) is 1. The Kier molecular flexibility index (Phi) is 5.21. The van der Waals surface area contributed by atoms with Crippen LogP contribution in [0.15, 0.2) is 29.2 Å². The molecular weight excluding hydrogens is 306 g/mol. The monoisotopic (exact) mass is 320 g/mol. The zero-order valence-electron chi connectivity index (χ0n) is 11.9. The van der Waals surface area contributed by atoms with Crippen LogP contribution in [0, 0.1) is 0 Å². The van der Waals surface area contributed by atoms with Gasteiger partial charge in [-0.1, -0.05) is 18.2 Å². The van der Waals surface area contributed by atoms with Crippen molar-refractivity contribution in [2.75, 3.05) is 13.7 Å². The molecule has 1 aromatic rings. The second-order valence-electron chi connectivity index (χ2n) is 4.55. The molecule has 7 heteroatoms. The van der Waals surface area contributed by atoms with Crippen molar-refractivity contribution in [1.29, 1.82) is 0 Å². The van der Waals surface area contributed by atoms with Gasteiger partial charge in [0.15, 0.2) is 0 Å². The predicted molar refractivity (Wildman–Crippen MR) is 79.9 cm³/mol. The minimum Gasteiger partial charge on any atom is -0.550 e. The van der Waals surface area contributed by atoms with Crippen LogP contribution in [0.3, 0.4) is 0 Å². The third-order valence-corrected chi connectivity index (χ3v) is 3.97. The lowest BCUT2D eigenvalue weighted by Crippen LogP contribution is -2.30. The van der Waals surface area contributed by atoms with Crippen molar-refractivity contribution in [2.45, 2.75) is 12.8 Å². The number of imide groups is 1. The summed E-state index contributed by atoms with van der Waals surface area (Å²) in [5.41, 5.74) is 0.699. The molecule has 0 atom stereocenters. The Hall–Kier alpha value is -2.28. The average Bonchev–Trinajstić information content (AvgIpc) is 2.75. The van der Waals surface area contributed by atoms with Crippen LogP contribution in [-0.4, -0.2) is 35.7 Å². The highest BCUT2D eigenvalue weighted by molar-refractivity contribution is 8.18. The minimum atomic E-state index is -1.20. The Balaban J connectivity index is 2.13. The molecular formula is C15H14NO5S-. The van der Waals surface area contributed by atoms with E-state index < -0.39 is 17.1 Å². The Morgan fingerprint density at radius 1 is 1.36 bits per heavy atom. The number of benzene rings is 1. The molecule has 1 fully saturated rings. The van der Waals surface area contributed by atoms with E-state index in [0.717, 1.165) is 16.7 Å². The maximum absolute atomic E-state index is 12.2. The van der Waals surface area contributed by atoms with E-state index in [2.05, 4.69) is 0 Å². The number of amides is 2. The first-order valence-corrected chi connectivity index (χ1v) is 7.43. The molecule has 1 heterocycles. The van der Waals surface area contributed by atoms with Gasteiger partial charge in [-0.3, -0.25) is 14.5 Å². The van der Waals surface area contributed by atoms with Crippen LogP contribution in [0.4, 0.5) is 4.79 Å². The lowest BCUT2D eigenvalue weighted by Gasteiger charge is -2.12. The summed E-state index contributed by atoms with van der Waals surface area (Å²) in [4.78, 5) is 35.8. The number of aliphatic carboxylic acids is 1. The van der Waals surface area contributed by atoms with Gasteiger partial charge < -0.3 is 14.6 Å². The molecule has 1 aliphatic heterocycles. The Morgan fingerprint density at radius 3 is 2.77 bits per heavy atom. The molecule has 0 unspecified atom stereocenters. The fourth-order valence-electron chi connectivity index (χ4n) is 2.00. The molecule has 0 aliphatic carbocycles. The predicted octanol–water partition coefficient (Wildman–Crippen LogP) is 1.26. The first-order chi connectivity index (χ1) is 10.5. The Labute approximate surface area is 131 Å². The highest BCUT2D eigenvalue weighted by Gasteiger charge is 2.34. The van der Waals surface area contributed by atoms with E-state index in [4.69, 9.17) is 4.74 Å². The van der Waals surface area contributed by atoms with Gasteiger partial charge >= 0.3 is 0 Å². The van der Waals surface area contributed by atoms with Crippen LogP contribution in [-0.2, 0) is 9.59 Å². The molecule has 1 aliphatic rings. The zero-order chi connectivity index (χ0) is 16.1. The molecule has 0 bridgehead atoms. The molecule has 116 valence electrons. The number of ether oxygens (including phenoxy) is 1. The van der Waals surface area contributed by atoms with Gasteiger partial charge in [0, 0.05) is 18.1 Å². The maximum Gasteiger partial charge on any atom is 0.293 e. The number of hydrogen-bond donors (Lipinski definition) is 0. The van der Waals surface area contributed by atoms with Crippen LogP contribution < -0.4 is 9.84 Å². The fourth-order valence-corrected chi connectivity index (χ4v) is 2.86.